The average Bonchev–Trinajstić information content (AvgIpc) is 2.57. The lowest BCUT2D eigenvalue weighted by Crippen LogP contribution is -2.34. The van der Waals surface area contributed by atoms with Crippen molar-refractivity contribution in [1.29, 1.82) is 0 Å². The van der Waals surface area contributed by atoms with E-state index in [9.17, 15) is 9.59 Å². The topological polar surface area (TPSA) is 40.6 Å². The molecule has 2 aromatic carbocycles. The maximum atomic E-state index is 12.3. The number of amides is 2. The number of rotatable bonds is 6. The van der Waals surface area contributed by atoms with Crippen LogP contribution in [0.5, 0.6) is 0 Å². The predicted molar refractivity (Wildman–Crippen MR) is 97.0 cm³/mol. The molecule has 0 heterocycles. The second-order valence-corrected chi connectivity index (χ2v) is 6.01. The Balaban J connectivity index is 1.98. The van der Waals surface area contributed by atoms with Crippen LogP contribution in [0.25, 0.3) is 0 Å². The molecule has 0 saturated carbocycles. The van der Waals surface area contributed by atoms with Crippen molar-refractivity contribution < 1.29 is 9.59 Å². The molecule has 2 aromatic rings. The van der Waals surface area contributed by atoms with Crippen LogP contribution in [0.15, 0.2) is 54.6 Å². The molecule has 0 atom stereocenters. The van der Waals surface area contributed by atoms with E-state index in [2.05, 4.69) is 0 Å². The minimum atomic E-state index is -0.137. The zero-order valence-corrected chi connectivity index (χ0v) is 14.7. The van der Waals surface area contributed by atoms with Crippen LogP contribution in [0.2, 0.25) is 5.02 Å². The van der Waals surface area contributed by atoms with Crippen molar-refractivity contribution in [3.63, 3.8) is 0 Å². The fraction of sp³-hybridized carbons (Fsp3) is 0.263. The van der Waals surface area contributed by atoms with Crippen molar-refractivity contribution in [3.05, 3.63) is 65.2 Å². The molecule has 5 heteroatoms. The van der Waals surface area contributed by atoms with Crippen molar-refractivity contribution in [2.75, 3.05) is 18.5 Å². The monoisotopic (exact) mass is 344 g/mol. The van der Waals surface area contributed by atoms with E-state index in [1.807, 2.05) is 42.5 Å². The first kappa shape index (κ1) is 18.0. The van der Waals surface area contributed by atoms with Crippen molar-refractivity contribution in [2.24, 2.45) is 0 Å². The van der Waals surface area contributed by atoms with Crippen molar-refractivity contribution >= 4 is 29.1 Å². The summed E-state index contributed by atoms with van der Waals surface area (Å²) in [6.07, 6.45) is 0.244. The first-order valence-corrected chi connectivity index (χ1v) is 8.17. The van der Waals surface area contributed by atoms with Gasteiger partial charge < -0.3 is 9.80 Å². The molecule has 0 spiro atoms. The van der Waals surface area contributed by atoms with E-state index < -0.39 is 0 Å². The van der Waals surface area contributed by atoms with Gasteiger partial charge in [0.15, 0.2) is 0 Å². The van der Waals surface area contributed by atoms with Gasteiger partial charge in [-0.25, -0.2) is 0 Å². The Bertz CT molecular complexity index is 704. The molecular formula is C19H21ClN2O2. The van der Waals surface area contributed by atoms with Crippen LogP contribution < -0.4 is 4.90 Å². The minimum absolute atomic E-state index is 0.0165. The van der Waals surface area contributed by atoms with E-state index in [-0.39, 0.29) is 18.2 Å². The fourth-order valence-electron chi connectivity index (χ4n) is 2.46. The summed E-state index contributed by atoms with van der Waals surface area (Å²) >= 11 is 6.16. The number of benzene rings is 2. The summed E-state index contributed by atoms with van der Waals surface area (Å²) in [5, 5.41) is 0.498. The second-order valence-electron chi connectivity index (χ2n) is 5.61. The van der Waals surface area contributed by atoms with Crippen LogP contribution in [-0.2, 0) is 16.1 Å². The van der Waals surface area contributed by atoms with Crippen molar-refractivity contribution in [1.82, 2.24) is 4.90 Å². The molecule has 2 amide bonds. The summed E-state index contributed by atoms with van der Waals surface area (Å²) in [4.78, 5) is 27.5. The van der Waals surface area contributed by atoms with Gasteiger partial charge in [0.2, 0.25) is 11.8 Å². The van der Waals surface area contributed by atoms with E-state index in [1.54, 1.807) is 24.1 Å². The molecular weight excluding hydrogens is 324 g/mol. The van der Waals surface area contributed by atoms with Gasteiger partial charge in [0.1, 0.15) is 0 Å². The third-order valence-corrected chi connectivity index (χ3v) is 4.08. The zero-order valence-electron chi connectivity index (χ0n) is 13.9. The summed E-state index contributed by atoms with van der Waals surface area (Å²) in [7, 11) is 1.77. The van der Waals surface area contributed by atoms with Crippen LogP contribution in [0, 0.1) is 0 Å². The normalized spacial score (nSPS) is 10.3. The van der Waals surface area contributed by atoms with E-state index >= 15 is 0 Å². The van der Waals surface area contributed by atoms with Gasteiger partial charge in [-0.05, 0) is 17.7 Å². The maximum absolute atomic E-state index is 12.3. The standard InChI is InChI=1S/C19H21ClN2O2/c1-15(23)22(18-11-7-6-10-17(18)20)13-12-19(24)21(2)14-16-8-4-3-5-9-16/h3-11H,12-14H2,1-2H3. The van der Waals surface area contributed by atoms with Crippen LogP contribution in [-0.4, -0.2) is 30.3 Å². The molecule has 126 valence electrons. The van der Waals surface area contributed by atoms with Gasteiger partial charge >= 0.3 is 0 Å². The third-order valence-electron chi connectivity index (χ3n) is 3.76. The number of anilines is 1. The number of hydrogen-bond donors (Lipinski definition) is 0. The Morgan fingerprint density at radius 2 is 1.62 bits per heavy atom. The number of para-hydroxylation sites is 1. The van der Waals surface area contributed by atoms with Crippen LogP contribution in [0.3, 0.4) is 0 Å². The average molecular weight is 345 g/mol. The van der Waals surface area contributed by atoms with Crippen molar-refractivity contribution in [2.45, 2.75) is 19.9 Å². The Hall–Kier alpha value is -2.33. The largest absolute Gasteiger partial charge is 0.341 e. The highest BCUT2D eigenvalue weighted by Gasteiger charge is 2.17. The van der Waals surface area contributed by atoms with Gasteiger partial charge in [-0.15, -0.1) is 0 Å². The summed E-state index contributed by atoms with van der Waals surface area (Å²) in [6, 6.07) is 16.9. The molecule has 0 aromatic heterocycles. The molecule has 4 nitrogen and oxygen atoms in total. The van der Waals surface area contributed by atoms with Gasteiger partial charge in [-0.3, -0.25) is 9.59 Å². The molecule has 0 saturated heterocycles. The molecule has 0 unspecified atom stereocenters. The van der Waals surface area contributed by atoms with E-state index in [4.69, 9.17) is 11.6 Å². The Morgan fingerprint density at radius 3 is 2.25 bits per heavy atom. The molecule has 0 aliphatic rings. The van der Waals surface area contributed by atoms with Crippen molar-refractivity contribution in [3.8, 4) is 0 Å². The molecule has 2 rings (SSSR count). The third kappa shape index (κ3) is 4.83. The van der Waals surface area contributed by atoms with Crippen LogP contribution in [0.1, 0.15) is 18.9 Å². The number of carbonyl (C=O) groups excluding carboxylic acids is 2. The number of carbonyl (C=O) groups is 2. The lowest BCUT2D eigenvalue weighted by Gasteiger charge is -2.24. The lowest BCUT2D eigenvalue weighted by atomic mass is 10.2. The van der Waals surface area contributed by atoms with E-state index in [0.717, 1.165) is 5.56 Å². The quantitative estimate of drug-likeness (QED) is 0.801. The Labute approximate surface area is 147 Å². The van der Waals surface area contributed by atoms with Gasteiger partial charge in [-0.1, -0.05) is 54.1 Å². The highest BCUT2D eigenvalue weighted by Crippen LogP contribution is 2.25. The fourth-order valence-corrected chi connectivity index (χ4v) is 2.70. The van der Waals surface area contributed by atoms with Gasteiger partial charge in [0, 0.05) is 33.5 Å². The summed E-state index contributed by atoms with van der Waals surface area (Å²) < 4.78 is 0. The van der Waals surface area contributed by atoms with E-state index in [0.29, 0.717) is 23.8 Å². The molecule has 0 fully saturated rings. The molecule has 0 bridgehead atoms. The Kier molecular flexibility index (Phi) is 6.38. The number of halogens is 1. The second kappa shape index (κ2) is 8.50. The summed E-state index contributed by atoms with van der Waals surface area (Å²) in [5.74, 6) is -0.154. The smallest absolute Gasteiger partial charge is 0.224 e. The highest BCUT2D eigenvalue weighted by atomic mass is 35.5. The van der Waals surface area contributed by atoms with Gasteiger partial charge in [-0.2, -0.15) is 0 Å². The summed E-state index contributed by atoms with van der Waals surface area (Å²) in [5.41, 5.74) is 1.70. The first-order valence-electron chi connectivity index (χ1n) is 7.79. The highest BCUT2D eigenvalue weighted by molar-refractivity contribution is 6.33. The molecule has 0 aliphatic carbocycles. The minimum Gasteiger partial charge on any atom is -0.341 e. The molecule has 0 radical (unpaired) electrons. The van der Waals surface area contributed by atoms with Crippen LogP contribution >= 0.6 is 11.6 Å². The lowest BCUT2D eigenvalue weighted by molar-refractivity contribution is -0.130. The first-order chi connectivity index (χ1) is 11.5. The number of hydrogen-bond acceptors (Lipinski definition) is 2. The molecule has 24 heavy (non-hydrogen) atoms. The maximum Gasteiger partial charge on any atom is 0.224 e. The molecule has 0 N–H and O–H groups in total. The van der Waals surface area contributed by atoms with Gasteiger partial charge in [0.25, 0.3) is 0 Å². The Morgan fingerprint density at radius 1 is 1.00 bits per heavy atom. The van der Waals surface area contributed by atoms with E-state index in [1.165, 1.54) is 11.8 Å². The molecule has 0 aliphatic heterocycles. The predicted octanol–water partition coefficient (Wildman–Crippen LogP) is 3.74. The zero-order chi connectivity index (χ0) is 17.5. The SMILES string of the molecule is CC(=O)N(CCC(=O)N(C)Cc1ccccc1)c1ccccc1Cl. The van der Waals surface area contributed by atoms with Crippen LogP contribution in [0.4, 0.5) is 5.69 Å². The number of nitrogens with zero attached hydrogens (tertiary/aromatic N) is 2. The summed E-state index contributed by atoms with van der Waals surface area (Å²) in [6.45, 7) is 2.32. The van der Waals surface area contributed by atoms with Gasteiger partial charge in [0.05, 0.1) is 10.7 Å².